The average Bonchev–Trinajstić information content (AvgIpc) is 2.65. The van der Waals surface area contributed by atoms with Crippen molar-refractivity contribution in [1.29, 1.82) is 0 Å². The molecule has 0 aromatic heterocycles. The Morgan fingerprint density at radius 1 is 1.11 bits per heavy atom. The Balaban J connectivity index is 2.02. The zero-order chi connectivity index (χ0) is 20.0. The number of hydrogen-bond donors (Lipinski definition) is 1. The van der Waals surface area contributed by atoms with E-state index in [1.165, 1.54) is 11.4 Å². The molecule has 1 amide bonds. The Hall–Kier alpha value is -2.54. The minimum Gasteiger partial charge on any atom is -0.481 e. The van der Waals surface area contributed by atoms with Crippen LogP contribution in [0.4, 0.5) is 5.69 Å². The molecule has 2 atom stereocenters. The van der Waals surface area contributed by atoms with E-state index in [4.69, 9.17) is 4.74 Å². The van der Waals surface area contributed by atoms with Gasteiger partial charge in [-0.2, -0.15) is 0 Å². The lowest BCUT2D eigenvalue weighted by Gasteiger charge is -2.21. The van der Waals surface area contributed by atoms with Crippen molar-refractivity contribution in [3.05, 3.63) is 60.2 Å². The quantitative estimate of drug-likeness (QED) is 0.751. The molecule has 6 nitrogen and oxygen atoms in total. The first-order chi connectivity index (χ1) is 12.7. The molecule has 0 heterocycles. The molecule has 2 aromatic rings. The van der Waals surface area contributed by atoms with Gasteiger partial charge in [0.15, 0.2) is 6.10 Å². The van der Waals surface area contributed by atoms with Crippen molar-refractivity contribution in [2.24, 2.45) is 0 Å². The minimum absolute atomic E-state index is 0.123. The number of carbonyl (C=O) groups excluding carboxylic acids is 1. The van der Waals surface area contributed by atoms with Gasteiger partial charge in [0.05, 0.1) is 18.0 Å². The maximum atomic E-state index is 12.5. The Morgan fingerprint density at radius 2 is 1.70 bits per heavy atom. The van der Waals surface area contributed by atoms with Gasteiger partial charge in [0.25, 0.3) is 5.91 Å². The van der Waals surface area contributed by atoms with Crippen LogP contribution >= 0.6 is 0 Å². The lowest BCUT2D eigenvalue weighted by molar-refractivity contribution is -0.128. The Morgan fingerprint density at radius 3 is 2.22 bits per heavy atom. The molecular weight excluding hydrogens is 364 g/mol. The summed E-state index contributed by atoms with van der Waals surface area (Å²) >= 11 is 0. The van der Waals surface area contributed by atoms with E-state index in [0.717, 1.165) is 11.8 Å². The van der Waals surface area contributed by atoms with E-state index in [9.17, 15) is 13.2 Å². The first kappa shape index (κ1) is 20.8. The summed E-state index contributed by atoms with van der Waals surface area (Å²) in [6, 6.07) is 16.2. The third kappa shape index (κ3) is 5.72. The van der Waals surface area contributed by atoms with Crippen molar-refractivity contribution < 1.29 is 17.9 Å². The number of carbonyl (C=O) groups is 1. The second kappa shape index (κ2) is 8.90. The second-order valence-corrected chi connectivity index (χ2v) is 8.39. The topological polar surface area (TPSA) is 75.7 Å². The lowest BCUT2D eigenvalue weighted by atomic mass is 10.1. The van der Waals surface area contributed by atoms with Crippen molar-refractivity contribution in [3.63, 3.8) is 0 Å². The van der Waals surface area contributed by atoms with Crippen LogP contribution in [0.2, 0.25) is 0 Å². The van der Waals surface area contributed by atoms with Crippen LogP contribution in [0, 0.1) is 0 Å². The summed E-state index contributed by atoms with van der Waals surface area (Å²) in [7, 11) is -1.84. The molecule has 2 aromatic carbocycles. The monoisotopic (exact) mass is 390 g/mol. The molecule has 0 aliphatic carbocycles. The van der Waals surface area contributed by atoms with E-state index in [1.54, 1.807) is 24.3 Å². The van der Waals surface area contributed by atoms with Crippen LogP contribution in [0.1, 0.15) is 31.9 Å². The van der Waals surface area contributed by atoms with Gasteiger partial charge in [-0.15, -0.1) is 0 Å². The Labute approximate surface area is 161 Å². The zero-order valence-corrected chi connectivity index (χ0v) is 16.9. The summed E-state index contributed by atoms with van der Waals surface area (Å²) in [6.07, 6.45) is 1.02. The summed E-state index contributed by atoms with van der Waals surface area (Å²) in [6.45, 7) is 3.80. The fraction of sp³-hybridized carbons (Fsp3) is 0.350. The van der Waals surface area contributed by atoms with Gasteiger partial charge < -0.3 is 10.1 Å². The fourth-order valence-electron chi connectivity index (χ4n) is 2.54. The molecule has 1 unspecified atom stereocenters. The summed E-state index contributed by atoms with van der Waals surface area (Å²) in [5.74, 6) is 0.321. The summed E-state index contributed by atoms with van der Waals surface area (Å²) in [5, 5.41) is 2.97. The third-order valence-electron chi connectivity index (χ3n) is 4.30. The van der Waals surface area contributed by atoms with Crippen molar-refractivity contribution in [2.45, 2.75) is 32.4 Å². The van der Waals surface area contributed by atoms with E-state index in [0.29, 0.717) is 17.9 Å². The van der Waals surface area contributed by atoms with Crippen molar-refractivity contribution in [2.75, 3.05) is 17.6 Å². The summed E-state index contributed by atoms with van der Waals surface area (Å²) in [4.78, 5) is 12.5. The molecule has 0 bridgehead atoms. The predicted molar refractivity (Wildman–Crippen MR) is 107 cm³/mol. The Kier molecular flexibility index (Phi) is 6.85. The highest BCUT2D eigenvalue weighted by atomic mass is 32.2. The molecular formula is C20H26N2O4S. The third-order valence-corrected chi connectivity index (χ3v) is 5.50. The number of ether oxygens (including phenoxy) is 1. The maximum absolute atomic E-state index is 12.5. The number of benzene rings is 2. The molecule has 1 N–H and O–H groups in total. The highest BCUT2D eigenvalue weighted by molar-refractivity contribution is 7.92. The predicted octanol–water partition coefficient (Wildman–Crippen LogP) is 3.12. The smallest absolute Gasteiger partial charge is 0.261 e. The lowest BCUT2D eigenvalue weighted by Crippen LogP contribution is -2.39. The van der Waals surface area contributed by atoms with Gasteiger partial charge in [-0.25, -0.2) is 8.42 Å². The van der Waals surface area contributed by atoms with E-state index in [2.05, 4.69) is 5.32 Å². The van der Waals surface area contributed by atoms with Crippen LogP contribution in [-0.2, 0) is 14.8 Å². The van der Waals surface area contributed by atoms with Gasteiger partial charge >= 0.3 is 0 Å². The number of nitrogens with zero attached hydrogens (tertiary/aromatic N) is 1. The van der Waals surface area contributed by atoms with Crippen molar-refractivity contribution >= 4 is 21.6 Å². The van der Waals surface area contributed by atoms with Crippen LogP contribution in [0.5, 0.6) is 5.75 Å². The van der Waals surface area contributed by atoms with E-state index < -0.39 is 16.1 Å². The van der Waals surface area contributed by atoms with Crippen LogP contribution in [0.25, 0.3) is 0 Å². The van der Waals surface area contributed by atoms with Crippen molar-refractivity contribution in [1.82, 2.24) is 5.32 Å². The Bertz CT molecular complexity index is 851. The van der Waals surface area contributed by atoms with Gasteiger partial charge in [-0.05, 0) is 43.2 Å². The van der Waals surface area contributed by atoms with Gasteiger partial charge in [-0.3, -0.25) is 9.10 Å². The minimum atomic E-state index is -3.32. The summed E-state index contributed by atoms with van der Waals surface area (Å²) < 4.78 is 30.2. The molecule has 0 aliphatic rings. The highest BCUT2D eigenvalue weighted by Crippen LogP contribution is 2.22. The SMILES string of the molecule is CCC(Oc1ccc(N(C)S(C)(=O)=O)cc1)C(=O)N[C@H](C)c1ccccc1. The molecule has 0 spiro atoms. The largest absolute Gasteiger partial charge is 0.481 e. The summed E-state index contributed by atoms with van der Waals surface area (Å²) in [5.41, 5.74) is 1.55. The normalized spacial score (nSPS) is 13.5. The van der Waals surface area contributed by atoms with Gasteiger partial charge in [0, 0.05) is 7.05 Å². The van der Waals surface area contributed by atoms with Gasteiger partial charge in [-0.1, -0.05) is 37.3 Å². The van der Waals surface area contributed by atoms with Gasteiger partial charge in [0.1, 0.15) is 5.75 Å². The van der Waals surface area contributed by atoms with Crippen LogP contribution in [0.3, 0.4) is 0 Å². The number of nitrogens with one attached hydrogen (secondary N) is 1. The molecule has 0 aliphatic heterocycles. The average molecular weight is 391 g/mol. The highest BCUT2D eigenvalue weighted by Gasteiger charge is 2.21. The number of amides is 1. The fourth-order valence-corrected chi connectivity index (χ4v) is 3.05. The molecule has 7 heteroatoms. The molecule has 146 valence electrons. The van der Waals surface area contributed by atoms with E-state index in [1.807, 2.05) is 44.2 Å². The molecule has 0 radical (unpaired) electrons. The number of hydrogen-bond acceptors (Lipinski definition) is 4. The zero-order valence-electron chi connectivity index (χ0n) is 16.0. The second-order valence-electron chi connectivity index (χ2n) is 6.38. The molecule has 0 saturated heterocycles. The first-order valence-corrected chi connectivity index (χ1v) is 10.6. The maximum Gasteiger partial charge on any atom is 0.261 e. The van der Waals surface area contributed by atoms with Gasteiger partial charge in [0.2, 0.25) is 10.0 Å². The van der Waals surface area contributed by atoms with Crippen molar-refractivity contribution in [3.8, 4) is 5.75 Å². The number of anilines is 1. The number of sulfonamides is 1. The number of rotatable bonds is 8. The van der Waals surface area contributed by atoms with Crippen LogP contribution in [-0.4, -0.2) is 33.7 Å². The molecule has 27 heavy (non-hydrogen) atoms. The van der Waals surface area contributed by atoms with E-state index >= 15 is 0 Å². The molecule has 2 rings (SSSR count). The van der Waals surface area contributed by atoms with Crippen LogP contribution in [0.15, 0.2) is 54.6 Å². The first-order valence-electron chi connectivity index (χ1n) is 8.78. The molecule has 0 saturated carbocycles. The standard InChI is InChI=1S/C20H26N2O4S/c1-5-19(20(23)21-15(2)16-9-7-6-8-10-16)26-18-13-11-17(12-14-18)22(3)27(4,24)25/h6-15,19H,5H2,1-4H3,(H,21,23)/t15-,19?/m1/s1. The van der Waals surface area contributed by atoms with Crippen LogP contribution < -0.4 is 14.4 Å². The molecule has 0 fully saturated rings. The van der Waals surface area contributed by atoms with E-state index in [-0.39, 0.29) is 11.9 Å².